The van der Waals surface area contributed by atoms with Gasteiger partial charge in [-0.25, -0.2) is 22.9 Å². The third-order valence-electron chi connectivity index (χ3n) is 7.69. The van der Waals surface area contributed by atoms with Gasteiger partial charge in [0.05, 0.1) is 29.5 Å². The van der Waals surface area contributed by atoms with E-state index in [2.05, 4.69) is 15.0 Å². The number of sulfonamides is 1. The zero-order chi connectivity index (χ0) is 31.8. The Morgan fingerprint density at radius 2 is 1.64 bits per heavy atom. The second-order valence-corrected chi connectivity index (χ2v) is 13.1. The van der Waals surface area contributed by atoms with Gasteiger partial charge >= 0.3 is 5.97 Å². The number of ether oxygens (including phenoxy) is 2. The van der Waals surface area contributed by atoms with Gasteiger partial charge in [-0.2, -0.15) is 0 Å². The van der Waals surface area contributed by atoms with E-state index >= 15 is 0 Å². The first kappa shape index (κ1) is 31.9. The number of nitrogens with zero attached hydrogens (tertiary/aromatic N) is 1. The predicted octanol–water partition coefficient (Wildman–Crippen LogP) is 6.32. The van der Waals surface area contributed by atoms with Crippen LogP contribution in [-0.2, 0) is 21.2 Å². The number of carbonyl (C=O) groups excluding carboxylic acids is 1. The topological polar surface area (TPSA) is 144 Å². The quantitative estimate of drug-likeness (QED) is 0.156. The molecule has 45 heavy (non-hydrogen) atoms. The molecule has 0 spiro atoms. The Hall–Kier alpha value is -4.48. The number of pyridine rings is 1. The summed E-state index contributed by atoms with van der Waals surface area (Å²) in [5, 5.41) is 13.9. The summed E-state index contributed by atoms with van der Waals surface area (Å²) in [6.07, 6.45) is 6.25. The highest BCUT2D eigenvalue weighted by Crippen LogP contribution is 2.30. The van der Waals surface area contributed by atoms with Crippen molar-refractivity contribution in [1.29, 1.82) is 0 Å². The molecule has 1 saturated carbocycles. The summed E-state index contributed by atoms with van der Waals surface area (Å²) in [4.78, 5) is 28.2. The molecule has 3 N–H and O–H groups in total. The van der Waals surface area contributed by atoms with Crippen molar-refractivity contribution in [3.63, 3.8) is 0 Å². The molecule has 1 amide bonds. The number of fused-ring (bicyclic) bond motifs is 1. The van der Waals surface area contributed by atoms with E-state index in [1.807, 2.05) is 43.3 Å². The Morgan fingerprint density at radius 1 is 0.933 bits per heavy atom. The van der Waals surface area contributed by atoms with Crippen LogP contribution in [0.2, 0.25) is 0 Å². The monoisotopic (exact) mass is 631 g/mol. The van der Waals surface area contributed by atoms with E-state index in [0.29, 0.717) is 23.6 Å². The standard InChI is InChI=1S/C34H37N3O7S/c1-2-3-18-45(41,42)37-26-11-15-27(16-12-26)43-28-13-9-25-21-29(14-10-24(25)20-28)44-33-17-8-23(22-35-33)19-32(38)36-31-7-5-4-6-30(31)34(39)40/h4-10,13-14,17,20-22,26-27,37H,2-3,11-12,15-16,18-19H2,1H3,(H,36,38)(H,39,40). The van der Waals surface area contributed by atoms with Crippen LogP contribution in [0.1, 0.15) is 61.4 Å². The molecule has 236 valence electrons. The molecule has 0 saturated heterocycles. The molecule has 1 heterocycles. The molecule has 0 bridgehead atoms. The Bertz CT molecular complexity index is 1750. The predicted molar refractivity (Wildman–Crippen MR) is 172 cm³/mol. The number of carboxylic acids is 1. The molecular weight excluding hydrogens is 594 g/mol. The van der Waals surface area contributed by atoms with Crippen molar-refractivity contribution in [2.75, 3.05) is 11.1 Å². The molecule has 11 heteroatoms. The molecule has 1 aromatic heterocycles. The number of hydrogen-bond acceptors (Lipinski definition) is 7. The van der Waals surface area contributed by atoms with Crippen molar-refractivity contribution in [1.82, 2.24) is 9.71 Å². The van der Waals surface area contributed by atoms with Crippen LogP contribution in [0.5, 0.6) is 17.4 Å². The molecule has 0 atom stereocenters. The molecule has 0 aliphatic heterocycles. The van der Waals surface area contributed by atoms with Crippen molar-refractivity contribution < 1.29 is 32.6 Å². The maximum absolute atomic E-state index is 12.5. The normalized spacial score (nSPS) is 16.6. The molecule has 3 aromatic carbocycles. The number of carbonyl (C=O) groups is 2. The van der Waals surface area contributed by atoms with Crippen LogP contribution in [0, 0.1) is 0 Å². The van der Waals surface area contributed by atoms with E-state index in [1.165, 1.54) is 6.07 Å². The highest BCUT2D eigenvalue weighted by atomic mass is 32.2. The number of rotatable bonds is 13. The van der Waals surface area contributed by atoms with E-state index in [1.54, 1.807) is 36.5 Å². The van der Waals surface area contributed by atoms with Gasteiger partial charge in [-0.15, -0.1) is 0 Å². The van der Waals surface area contributed by atoms with Crippen LogP contribution >= 0.6 is 0 Å². The highest BCUT2D eigenvalue weighted by molar-refractivity contribution is 7.89. The lowest BCUT2D eigenvalue weighted by molar-refractivity contribution is -0.115. The van der Waals surface area contributed by atoms with Gasteiger partial charge in [0.1, 0.15) is 11.5 Å². The van der Waals surface area contributed by atoms with Gasteiger partial charge in [0, 0.05) is 18.3 Å². The number of benzene rings is 3. The molecular formula is C34H37N3O7S. The second kappa shape index (κ2) is 14.5. The Balaban J connectivity index is 1.12. The molecule has 5 rings (SSSR count). The Morgan fingerprint density at radius 3 is 2.33 bits per heavy atom. The molecule has 1 aliphatic carbocycles. The first-order valence-electron chi connectivity index (χ1n) is 15.1. The third kappa shape index (κ3) is 9.02. The molecule has 4 aromatic rings. The lowest BCUT2D eigenvalue weighted by Gasteiger charge is -2.29. The number of aromatic nitrogens is 1. The second-order valence-electron chi connectivity index (χ2n) is 11.2. The number of amides is 1. The van der Waals surface area contributed by atoms with Crippen molar-refractivity contribution in [2.45, 2.75) is 64.0 Å². The lowest BCUT2D eigenvalue weighted by Crippen LogP contribution is -2.40. The highest BCUT2D eigenvalue weighted by Gasteiger charge is 2.25. The number of anilines is 1. The van der Waals surface area contributed by atoms with E-state index in [4.69, 9.17) is 9.47 Å². The zero-order valence-electron chi connectivity index (χ0n) is 25.1. The van der Waals surface area contributed by atoms with Gasteiger partial charge in [0.25, 0.3) is 0 Å². The van der Waals surface area contributed by atoms with Gasteiger partial charge in [-0.05, 0) is 84.8 Å². The first-order chi connectivity index (χ1) is 21.7. The largest absolute Gasteiger partial charge is 0.490 e. The molecule has 10 nitrogen and oxygen atoms in total. The summed E-state index contributed by atoms with van der Waals surface area (Å²) < 4.78 is 39.5. The summed E-state index contributed by atoms with van der Waals surface area (Å²) in [7, 11) is -3.22. The third-order valence-corrected chi connectivity index (χ3v) is 9.21. The zero-order valence-corrected chi connectivity index (χ0v) is 25.9. The van der Waals surface area contributed by atoms with Crippen LogP contribution in [0.4, 0.5) is 5.69 Å². The van der Waals surface area contributed by atoms with Crippen LogP contribution in [0.25, 0.3) is 10.8 Å². The van der Waals surface area contributed by atoms with Crippen molar-refractivity contribution in [2.24, 2.45) is 0 Å². The first-order valence-corrected chi connectivity index (χ1v) is 16.8. The fourth-order valence-corrected chi connectivity index (χ4v) is 6.86. The SMILES string of the molecule is CCCCS(=O)(=O)NC1CCC(Oc2ccc3cc(Oc4ccc(CC(=O)Nc5ccccc5C(=O)O)cn4)ccc3c2)CC1. The van der Waals surface area contributed by atoms with Crippen molar-refractivity contribution in [3.8, 4) is 17.4 Å². The number of hydrogen-bond donors (Lipinski definition) is 3. The average molecular weight is 632 g/mol. The summed E-state index contributed by atoms with van der Waals surface area (Å²) in [6, 6.07) is 21.3. The number of nitrogens with one attached hydrogen (secondary N) is 2. The molecule has 1 aliphatic rings. The van der Waals surface area contributed by atoms with Crippen LogP contribution < -0.4 is 19.5 Å². The summed E-state index contributed by atoms with van der Waals surface area (Å²) in [5.74, 6) is 0.475. The van der Waals surface area contributed by atoms with Crippen LogP contribution in [-0.4, -0.2) is 48.3 Å². The average Bonchev–Trinajstić information content (AvgIpc) is 3.02. The molecule has 0 unspecified atom stereocenters. The summed E-state index contributed by atoms with van der Waals surface area (Å²) in [5.41, 5.74) is 0.919. The van der Waals surface area contributed by atoms with Crippen LogP contribution in [0.15, 0.2) is 79.0 Å². The van der Waals surface area contributed by atoms with Gasteiger partial charge in [-0.1, -0.05) is 43.7 Å². The van der Waals surface area contributed by atoms with Crippen molar-refractivity contribution >= 4 is 38.4 Å². The number of carboxylic acid groups (broad SMARTS) is 1. The van der Waals surface area contributed by atoms with Gasteiger partial charge in [-0.3, -0.25) is 4.79 Å². The van der Waals surface area contributed by atoms with Gasteiger partial charge < -0.3 is 19.9 Å². The minimum Gasteiger partial charge on any atom is -0.490 e. The van der Waals surface area contributed by atoms with E-state index in [9.17, 15) is 23.1 Å². The maximum atomic E-state index is 12.5. The number of para-hydroxylation sites is 1. The fraction of sp³-hybridized carbons (Fsp3) is 0.324. The minimum atomic E-state index is -3.22. The molecule has 0 radical (unpaired) electrons. The number of unbranched alkanes of at least 4 members (excludes halogenated alkanes) is 1. The van der Waals surface area contributed by atoms with E-state index in [0.717, 1.165) is 48.6 Å². The van der Waals surface area contributed by atoms with E-state index < -0.39 is 16.0 Å². The smallest absolute Gasteiger partial charge is 0.337 e. The lowest BCUT2D eigenvalue weighted by atomic mass is 9.93. The number of aromatic carboxylic acids is 1. The fourth-order valence-electron chi connectivity index (χ4n) is 5.33. The Kier molecular flexibility index (Phi) is 10.3. The summed E-state index contributed by atoms with van der Waals surface area (Å²) >= 11 is 0. The van der Waals surface area contributed by atoms with E-state index in [-0.39, 0.29) is 41.5 Å². The minimum absolute atomic E-state index is 0.0246. The molecule has 1 fully saturated rings. The van der Waals surface area contributed by atoms with Crippen LogP contribution in [0.3, 0.4) is 0 Å². The van der Waals surface area contributed by atoms with Crippen molar-refractivity contribution in [3.05, 3.63) is 90.1 Å². The van der Waals surface area contributed by atoms with Gasteiger partial charge in [0.15, 0.2) is 0 Å². The maximum Gasteiger partial charge on any atom is 0.337 e. The van der Waals surface area contributed by atoms with Gasteiger partial charge in [0.2, 0.25) is 21.8 Å². The summed E-state index contributed by atoms with van der Waals surface area (Å²) in [6.45, 7) is 1.98. The Labute approximate surface area is 262 Å².